The molecule has 3 aromatic rings. The van der Waals surface area contributed by atoms with E-state index in [4.69, 9.17) is 9.47 Å². The van der Waals surface area contributed by atoms with E-state index in [-0.39, 0.29) is 23.7 Å². The minimum Gasteiger partial charge on any atom is -0.496 e. The molecule has 9 nitrogen and oxygen atoms in total. The largest absolute Gasteiger partial charge is 0.496 e. The van der Waals surface area contributed by atoms with E-state index >= 15 is 0 Å². The number of ether oxygens (including phenoxy) is 2. The quantitative estimate of drug-likeness (QED) is 0.368. The molecule has 2 aromatic carbocycles. The maximum Gasteiger partial charge on any atom is 0.253 e. The van der Waals surface area contributed by atoms with Crippen LogP contribution in [0.1, 0.15) is 48.8 Å². The minimum atomic E-state index is -0.103. The highest BCUT2D eigenvalue weighted by Crippen LogP contribution is 2.45. The molecule has 0 radical (unpaired) electrons. The Bertz CT molecular complexity index is 1690. The van der Waals surface area contributed by atoms with E-state index in [1.807, 2.05) is 25.4 Å². The normalized spacial score (nSPS) is 19.5. The van der Waals surface area contributed by atoms with Crippen molar-refractivity contribution in [1.29, 1.82) is 0 Å². The number of likely N-dealkylation sites (tertiary alicyclic amines) is 1. The fourth-order valence-electron chi connectivity index (χ4n) is 7.88. The number of aromatic nitrogens is 1. The smallest absolute Gasteiger partial charge is 0.253 e. The zero-order chi connectivity index (χ0) is 31.3. The fourth-order valence-corrected chi connectivity index (χ4v) is 7.88. The first-order chi connectivity index (χ1) is 21.8. The highest BCUT2D eigenvalue weighted by molar-refractivity contribution is 6.08. The van der Waals surface area contributed by atoms with Gasteiger partial charge in [-0.15, -0.1) is 0 Å². The summed E-state index contributed by atoms with van der Waals surface area (Å²) in [5, 5.41) is 0. The molecule has 1 amide bonds. The average molecular weight is 611 g/mol. The third-order valence-corrected chi connectivity index (χ3v) is 10.5. The number of ketones is 1. The summed E-state index contributed by atoms with van der Waals surface area (Å²) in [4.78, 5) is 43.5. The number of fused-ring (bicyclic) bond motifs is 1. The van der Waals surface area contributed by atoms with Crippen molar-refractivity contribution in [3.63, 3.8) is 0 Å². The molecular weight excluding hydrogens is 568 g/mol. The van der Waals surface area contributed by atoms with Crippen molar-refractivity contribution < 1.29 is 19.1 Å². The maximum atomic E-state index is 12.7. The summed E-state index contributed by atoms with van der Waals surface area (Å²) in [6, 6.07) is 12.4. The van der Waals surface area contributed by atoms with Crippen LogP contribution in [0.2, 0.25) is 0 Å². The number of rotatable bonds is 7. The second kappa shape index (κ2) is 11.7. The van der Waals surface area contributed by atoms with Gasteiger partial charge >= 0.3 is 0 Å². The van der Waals surface area contributed by atoms with Crippen LogP contribution < -0.4 is 24.8 Å². The number of amides is 1. The minimum absolute atomic E-state index is 0.00636. The molecule has 1 aliphatic carbocycles. The number of piperidine rings is 2. The molecule has 4 aliphatic rings. The predicted molar refractivity (Wildman–Crippen MR) is 174 cm³/mol. The van der Waals surface area contributed by atoms with Gasteiger partial charge in [0.1, 0.15) is 17.3 Å². The van der Waals surface area contributed by atoms with E-state index in [1.165, 1.54) is 0 Å². The number of carbonyl (C=O) groups is 2. The second-order valence-corrected chi connectivity index (χ2v) is 13.3. The number of anilines is 2. The Morgan fingerprint density at radius 2 is 1.53 bits per heavy atom. The highest BCUT2D eigenvalue weighted by atomic mass is 16.5. The molecule has 4 heterocycles. The van der Waals surface area contributed by atoms with Crippen LogP contribution in [0.15, 0.2) is 47.4 Å². The first-order valence-corrected chi connectivity index (χ1v) is 16.1. The summed E-state index contributed by atoms with van der Waals surface area (Å²) in [5.41, 5.74) is 7.72. The first kappa shape index (κ1) is 29.6. The van der Waals surface area contributed by atoms with Crippen molar-refractivity contribution in [1.82, 2.24) is 9.47 Å². The van der Waals surface area contributed by atoms with E-state index < -0.39 is 0 Å². The lowest BCUT2D eigenvalue weighted by Crippen LogP contribution is -2.60. The number of Topliss-reactive ketones (excluding diaryl/α,β-unsaturated/α-hetero) is 1. The number of nitrogens with zero attached hydrogens (tertiary/aromatic N) is 4. The van der Waals surface area contributed by atoms with Crippen LogP contribution in [0, 0.1) is 5.41 Å². The van der Waals surface area contributed by atoms with Crippen molar-refractivity contribution in [2.75, 3.05) is 56.7 Å². The van der Waals surface area contributed by atoms with E-state index in [0.29, 0.717) is 18.4 Å². The van der Waals surface area contributed by atoms with Gasteiger partial charge in [0.2, 0.25) is 5.91 Å². The average Bonchev–Trinajstić information content (AvgIpc) is 3.53. The summed E-state index contributed by atoms with van der Waals surface area (Å²) in [7, 11) is 5.27. The zero-order valence-corrected chi connectivity index (χ0v) is 26.6. The van der Waals surface area contributed by atoms with Gasteiger partial charge in [-0.05, 0) is 86.7 Å². The monoisotopic (exact) mass is 610 g/mol. The second-order valence-electron chi connectivity index (χ2n) is 13.3. The third kappa shape index (κ3) is 5.41. The molecule has 3 aliphatic heterocycles. The number of hydrogen-bond acceptors (Lipinski definition) is 7. The Balaban J connectivity index is 1.02. The highest BCUT2D eigenvalue weighted by Gasteiger charge is 2.45. The van der Waals surface area contributed by atoms with Gasteiger partial charge in [0, 0.05) is 73.8 Å². The molecule has 3 fully saturated rings. The molecule has 3 saturated heterocycles. The van der Waals surface area contributed by atoms with Crippen LogP contribution in [-0.4, -0.2) is 68.1 Å². The molecule has 236 valence electrons. The lowest BCUT2D eigenvalue weighted by Gasteiger charge is -2.55. The first-order valence-electron chi connectivity index (χ1n) is 16.1. The van der Waals surface area contributed by atoms with E-state index in [2.05, 4.69) is 34.1 Å². The Morgan fingerprint density at radius 3 is 2.22 bits per heavy atom. The molecule has 1 spiro atoms. The lowest BCUT2D eigenvalue weighted by atomic mass is 9.71. The molecule has 45 heavy (non-hydrogen) atoms. The lowest BCUT2D eigenvalue weighted by molar-refractivity contribution is -0.128. The van der Waals surface area contributed by atoms with Crippen LogP contribution in [0.3, 0.4) is 0 Å². The molecule has 0 bridgehead atoms. The topological polar surface area (TPSA) is 84.3 Å². The third-order valence-electron chi connectivity index (χ3n) is 10.5. The van der Waals surface area contributed by atoms with Gasteiger partial charge in [0.05, 0.1) is 26.2 Å². The van der Waals surface area contributed by atoms with Gasteiger partial charge in [0.25, 0.3) is 5.56 Å². The van der Waals surface area contributed by atoms with Gasteiger partial charge in [-0.25, -0.2) is 0 Å². The van der Waals surface area contributed by atoms with Crippen molar-refractivity contribution in [2.24, 2.45) is 12.5 Å². The van der Waals surface area contributed by atoms with Gasteiger partial charge in [-0.1, -0.05) is 6.07 Å². The van der Waals surface area contributed by atoms with Crippen LogP contribution in [-0.2, 0) is 36.0 Å². The standard InChI is InChI=1S/C36H42N4O5/c1-37-20-30(28-8-5-9-29(28)35(37)43)24-16-32(44-2)31(33(17-24)45-3)21-38-14-11-36(12-15-38)22-39(23-36)25-6-4-7-26(18-25)40-13-10-27(41)19-34(40)42/h4,6-7,16-18,20H,5,8-15,19,21-23H2,1-3H3. The van der Waals surface area contributed by atoms with E-state index in [9.17, 15) is 14.4 Å². The van der Waals surface area contributed by atoms with Crippen molar-refractivity contribution in [2.45, 2.75) is 51.5 Å². The van der Waals surface area contributed by atoms with Crippen LogP contribution in [0.5, 0.6) is 11.5 Å². The van der Waals surface area contributed by atoms with Gasteiger partial charge < -0.3 is 23.8 Å². The summed E-state index contributed by atoms with van der Waals surface area (Å²) in [5.74, 6) is 1.56. The predicted octanol–water partition coefficient (Wildman–Crippen LogP) is 4.36. The van der Waals surface area contributed by atoms with Gasteiger partial charge in [-0.3, -0.25) is 19.3 Å². The Hall–Kier alpha value is -4.11. The summed E-state index contributed by atoms with van der Waals surface area (Å²) < 4.78 is 13.6. The van der Waals surface area contributed by atoms with Crippen LogP contribution >= 0.6 is 0 Å². The molecule has 0 unspecified atom stereocenters. The van der Waals surface area contributed by atoms with Crippen molar-refractivity contribution in [3.05, 3.63) is 69.6 Å². The van der Waals surface area contributed by atoms with E-state index in [1.54, 1.807) is 23.7 Å². The van der Waals surface area contributed by atoms with Crippen LogP contribution in [0.4, 0.5) is 11.4 Å². The SMILES string of the molecule is COc1cc(-c2cn(C)c(=O)c3c2CCC3)cc(OC)c1CN1CCC2(CC1)CN(c1cccc(N3CCC(=O)CC3=O)c1)C2. The number of benzene rings is 2. The molecule has 9 heteroatoms. The molecule has 1 aromatic heterocycles. The zero-order valence-electron chi connectivity index (χ0n) is 26.6. The molecular formula is C36H42N4O5. The molecule has 0 saturated carbocycles. The van der Waals surface area contributed by atoms with E-state index in [0.717, 1.165) is 116 Å². The number of aryl methyl sites for hydroxylation is 1. The number of methoxy groups -OCH3 is 2. The Morgan fingerprint density at radius 1 is 0.844 bits per heavy atom. The number of pyridine rings is 1. The summed E-state index contributed by atoms with van der Waals surface area (Å²) >= 11 is 0. The van der Waals surface area contributed by atoms with Gasteiger partial charge in [-0.2, -0.15) is 0 Å². The van der Waals surface area contributed by atoms with Gasteiger partial charge in [0.15, 0.2) is 0 Å². The summed E-state index contributed by atoms with van der Waals surface area (Å²) in [6.45, 7) is 5.27. The van der Waals surface area contributed by atoms with Crippen molar-refractivity contribution in [3.8, 4) is 22.6 Å². The summed E-state index contributed by atoms with van der Waals surface area (Å²) in [6.07, 6.45) is 7.42. The number of carbonyl (C=O) groups excluding carboxylic acids is 2. The molecule has 7 rings (SSSR count). The Labute approximate surface area is 264 Å². The molecule has 0 N–H and O–H groups in total. The number of hydrogen-bond donors (Lipinski definition) is 0. The van der Waals surface area contributed by atoms with Crippen LogP contribution in [0.25, 0.3) is 11.1 Å². The van der Waals surface area contributed by atoms with Crippen molar-refractivity contribution >= 4 is 23.1 Å². The molecule has 0 atom stereocenters. The fraction of sp³-hybridized carbons (Fsp3) is 0.472. The Kier molecular flexibility index (Phi) is 7.68. The maximum absolute atomic E-state index is 12.7.